The van der Waals surface area contributed by atoms with E-state index in [2.05, 4.69) is 12.1 Å². The molecule has 0 saturated carbocycles. The first-order chi connectivity index (χ1) is 11.3. The van der Waals surface area contributed by atoms with Gasteiger partial charge in [0.05, 0.1) is 12.5 Å². The average molecular weight is 335 g/mol. The number of hydrogen-bond donors (Lipinski definition) is 0. The zero-order chi connectivity index (χ0) is 15.6. The molecule has 1 aromatic carbocycles. The zero-order valence-electron chi connectivity index (χ0n) is 13.0. The third-order valence-electron chi connectivity index (χ3n) is 4.70. The summed E-state index contributed by atoms with van der Waals surface area (Å²) in [4.78, 5) is 14.6. The maximum absolute atomic E-state index is 12.5. The van der Waals surface area contributed by atoms with Crippen LogP contribution in [0.2, 0.25) is 0 Å². The second-order valence-electron chi connectivity index (χ2n) is 6.15. The molecule has 0 aromatic heterocycles. The lowest BCUT2D eigenvalue weighted by molar-refractivity contribution is -0.135. The SMILES string of the molecule is O=C(C1CCOC1)N1CCSC(c2ccc3c(c2)OCO3)CC1. The van der Waals surface area contributed by atoms with E-state index in [4.69, 9.17) is 14.2 Å². The minimum atomic E-state index is 0.0714. The summed E-state index contributed by atoms with van der Waals surface area (Å²) < 4.78 is 16.2. The Balaban J connectivity index is 1.41. The van der Waals surface area contributed by atoms with Crippen LogP contribution in [0.1, 0.15) is 23.7 Å². The summed E-state index contributed by atoms with van der Waals surface area (Å²) in [7, 11) is 0. The molecule has 1 amide bonds. The van der Waals surface area contributed by atoms with E-state index in [1.54, 1.807) is 0 Å². The van der Waals surface area contributed by atoms with Gasteiger partial charge in [-0.2, -0.15) is 11.8 Å². The summed E-state index contributed by atoms with van der Waals surface area (Å²) in [6.07, 6.45) is 1.84. The number of amides is 1. The van der Waals surface area contributed by atoms with Crippen molar-refractivity contribution < 1.29 is 19.0 Å². The molecule has 3 aliphatic rings. The molecule has 5 nitrogen and oxygen atoms in total. The molecule has 2 saturated heterocycles. The number of nitrogens with zero attached hydrogens (tertiary/aromatic N) is 1. The van der Waals surface area contributed by atoms with Gasteiger partial charge in [0.2, 0.25) is 12.7 Å². The molecule has 0 N–H and O–H groups in total. The summed E-state index contributed by atoms with van der Waals surface area (Å²) in [6, 6.07) is 6.19. The number of benzene rings is 1. The lowest BCUT2D eigenvalue weighted by Gasteiger charge is -2.23. The minimum absolute atomic E-state index is 0.0714. The number of carbonyl (C=O) groups excluding carboxylic acids is 1. The molecule has 124 valence electrons. The number of hydrogen-bond acceptors (Lipinski definition) is 5. The molecular formula is C17H21NO4S. The second kappa shape index (κ2) is 6.61. The fourth-order valence-electron chi connectivity index (χ4n) is 3.36. The van der Waals surface area contributed by atoms with Crippen LogP contribution in [0.3, 0.4) is 0 Å². The largest absolute Gasteiger partial charge is 0.454 e. The topological polar surface area (TPSA) is 48.0 Å². The van der Waals surface area contributed by atoms with Gasteiger partial charge in [0.25, 0.3) is 0 Å². The number of fused-ring (bicyclic) bond motifs is 1. The van der Waals surface area contributed by atoms with Crippen molar-refractivity contribution in [3.05, 3.63) is 23.8 Å². The third kappa shape index (κ3) is 3.15. The van der Waals surface area contributed by atoms with E-state index in [1.165, 1.54) is 5.56 Å². The second-order valence-corrected chi connectivity index (χ2v) is 7.46. The van der Waals surface area contributed by atoms with Gasteiger partial charge in [0.1, 0.15) is 0 Å². The molecule has 3 heterocycles. The predicted octanol–water partition coefficient (Wildman–Crippen LogP) is 2.46. The Hall–Kier alpha value is -1.40. The molecule has 3 aliphatic heterocycles. The van der Waals surface area contributed by atoms with Gasteiger partial charge in [-0.3, -0.25) is 4.79 Å². The third-order valence-corrected chi connectivity index (χ3v) is 6.03. The Bertz CT molecular complexity index is 588. The van der Waals surface area contributed by atoms with E-state index < -0.39 is 0 Å². The van der Waals surface area contributed by atoms with Crippen molar-refractivity contribution in [2.75, 3.05) is 38.8 Å². The van der Waals surface area contributed by atoms with Crippen LogP contribution >= 0.6 is 11.8 Å². The highest BCUT2D eigenvalue weighted by molar-refractivity contribution is 7.99. The molecule has 2 fully saturated rings. The summed E-state index contributed by atoms with van der Waals surface area (Å²) in [6.45, 7) is 3.28. The van der Waals surface area contributed by atoms with E-state index in [0.29, 0.717) is 18.6 Å². The van der Waals surface area contributed by atoms with Crippen LogP contribution in [-0.2, 0) is 9.53 Å². The Labute approximate surface area is 140 Å². The van der Waals surface area contributed by atoms with Gasteiger partial charge in [0.15, 0.2) is 11.5 Å². The van der Waals surface area contributed by atoms with Crippen molar-refractivity contribution in [3.8, 4) is 11.5 Å². The van der Waals surface area contributed by atoms with Crippen LogP contribution in [-0.4, -0.2) is 49.7 Å². The van der Waals surface area contributed by atoms with Crippen LogP contribution in [0.4, 0.5) is 0 Å². The van der Waals surface area contributed by atoms with Crippen molar-refractivity contribution >= 4 is 17.7 Å². The molecule has 2 unspecified atom stereocenters. The maximum Gasteiger partial charge on any atom is 0.231 e. The lowest BCUT2D eigenvalue weighted by Crippen LogP contribution is -2.37. The Morgan fingerprint density at radius 3 is 2.96 bits per heavy atom. The average Bonchev–Trinajstić information content (AvgIpc) is 3.20. The fourth-order valence-corrected chi connectivity index (χ4v) is 4.58. The van der Waals surface area contributed by atoms with Crippen LogP contribution in [0.15, 0.2) is 18.2 Å². The van der Waals surface area contributed by atoms with Gasteiger partial charge < -0.3 is 19.1 Å². The summed E-state index contributed by atoms with van der Waals surface area (Å²) in [5.74, 6) is 2.98. The van der Waals surface area contributed by atoms with Crippen molar-refractivity contribution in [3.63, 3.8) is 0 Å². The molecule has 23 heavy (non-hydrogen) atoms. The van der Waals surface area contributed by atoms with E-state index in [1.807, 2.05) is 22.7 Å². The van der Waals surface area contributed by atoms with Gasteiger partial charge in [-0.1, -0.05) is 6.07 Å². The molecule has 0 aliphatic carbocycles. The highest BCUT2D eigenvalue weighted by Crippen LogP contribution is 2.40. The highest BCUT2D eigenvalue weighted by Gasteiger charge is 2.30. The first-order valence-corrected chi connectivity index (χ1v) is 9.24. The lowest BCUT2D eigenvalue weighted by atomic mass is 10.1. The summed E-state index contributed by atoms with van der Waals surface area (Å²) in [5, 5.41) is 0.405. The quantitative estimate of drug-likeness (QED) is 0.831. The molecule has 1 aromatic rings. The van der Waals surface area contributed by atoms with Crippen molar-refractivity contribution in [1.29, 1.82) is 0 Å². The molecule has 0 spiro atoms. The van der Waals surface area contributed by atoms with Gasteiger partial charge in [-0.05, 0) is 30.5 Å². The minimum Gasteiger partial charge on any atom is -0.454 e. The zero-order valence-corrected chi connectivity index (χ0v) is 13.8. The molecule has 2 atom stereocenters. The maximum atomic E-state index is 12.5. The number of carbonyl (C=O) groups is 1. The first-order valence-electron chi connectivity index (χ1n) is 8.19. The van der Waals surface area contributed by atoms with Gasteiger partial charge >= 0.3 is 0 Å². The Morgan fingerprint density at radius 2 is 2.09 bits per heavy atom. The van der Waals surface area contributed by atoms with Crippen LogP contribution < -0.4 is 9.47 Å². The first kappa shape index (κ1) is 15.1. The fraction of sp³-hybridized carbons (Fsp3) is 0.588. The van der Waals surface area contributed by atoms with Crippen molar-refractivity contribution in [1.82, 2.24) is 4.90 Å². The highest BCUT2D eigenvalue weighted by atomic mass is 32.2. The molecule has 6 heteroatoms. The number of rotatable bonds is 2. The van der Waals surface area contributed by atoms with Gasteiger partial charge in [-0.25, -0.2) is 0 Å². The van der Waals surface area contributed by atoms with E-state index in [-0.39, 0.29) is 11.8 Å². The monoisotopic (exact) mass is 335 g/mol. The molecule has 4 rings (SSSR count). The smallest absolute Gasteiger partial charge is 0.231 e. The van der Waals surface area contributed by atoms with Gasteiger partial charge in [-0.15, -0.1) is 0 Å². The normalized spacial score (nSPS) is 27.0. The number of thioether (sulfide) groups is 1. The Kier molecular flexibility index (Phi) is 4.35. The van der Waals surface area contributed by atoms with Crippen LogP contribution in [0, 0.1) is 5.92 Å². The van der Waals surface area contributed by atoms with Crippen LogP contribution in [0.25, 0.3) is 0 Å². The van der Waals surface area contributed by atoms with Crippen LogP contribution in [0.5, 0.6) is 11.5 Å². The van der Waals surface area contributed by atoms with Crippen molar-refractivity contribution in [2.24, 2.45) is 5.92 Å². The number of ether oxygens (including phenoxy) is 3. The van der Waals surface area contributed by atoms with E-state index in [9.17, 15) is 4.79 Å². The van der Waals surface area contributed by atoms with E-state index in [0.717, 1.165) is 49.8 Å². The standard InChI is InChI=1S/C17H21NO4S/c19-17(13-4-7-20-10-13)18-5-3-16(23-8-6-18)12-1-2-14-15(9-12)22-11-21-14/h1-2,9,13,16H,3-8,10-11H2. The molecule has 0 radical (unpaired) electrons. The van der Waals surface area contributed by atoms with Crippen molar-refractivity contribution in [2.45, 2.75) is 18.1 Å². The van der Waals surface area contributed by atoms with Gasteiger partial charge in [0, 0.05) is 30.7 Å². The Morgan fingerprint density at radius 1 is 1.17 bits per heavy atom. The summed E-state index contributed by atoms with van der Waals surface area (Å²) >= 11 is 1.92. The summed E-state index contributed by atoms with van der Waals surface area (Å²) in [5.41, 5.74) is 1.26. The molecule has 0 bridgehead atoms. The van der Waals surface area contributed by atoms with E-state index >= 15 is 0 Å². The molecular weight excluding hydrogens is 314 g/mol. The predicted molar refractivity (Wildman–Crippen MR) is 87.9 cm³/mol.